The quantitative estimate of drug-likeness (QED) is 0.267. The van der Waals surface area contributed by atoms with Crippen LogP contribution in [-0.2, 0) is 0 Å². The number of carbonyl (C=O) groups excluding carboxylic acids is 1. The molecule has 4 aromatic rings. The van der Waals surface area contributed by atoms with Crippen LogP contribution >= 0.6 is 0 Å². The third-order valence-electron chi connectivity index (χ3n) is 6.05. The number of imidazole rings is 1. The van der Waals surface area contributed by atoms with Crippen molar-refractivity contribution in [1.29, 1.82) is 0 Å². The monoisotopic (exact) mass is 480 g/mol. The highest BCUT2D eigenvalue weighted by Gasteiger charge is 2.16. The first-order chi connectivity index (χ1) is 17.4. The standard InChI is InChI=1S/C29H32N6O/c1-6-8-10-21(9-7-2)17-31-27-28-32-18-26(22-11-13-23(14-12-22)33-29(36)30-5)35(28)25-16-20(4)19(3)15-24(25)34-27/h6-16,18H,17H2,1-5H3,(H,31,34)(H2,30,33,36)/b8-6-,9-7-,21-10+. The molecule has 2 heterocycles. The molecule has 184 valence electrons. The number of benzene rings is 2. The van der Waals surface area contributed by atoms with Crippen LogP contribution in [0.25, 0.3) is 27.9 Å². The molecule has 7 nitrogen and oxygen atoms in total. The van der Waals surface area contributed by atoms with Crippen molar-refractivity contribution >= 4 is 34.2 Å². The maximum absolute atomic E-state index is 11.7. The number of rotatable bonds is 7. The topological polar surface area (TPSA) is 83.3 Å². The van der Waals surface area contributed by atoms with Crippen molar-refractivity contribution in [2.45, 2.75) is 27.7 Å². The smallest absolute Gasteiger partial charge is 0.318 e. The van der Waals surface area contributed by atoms with Crippen molar-refractivity contribution in [1.82, 2.24) is 19.7 Å². The minimum Gasteiger partial charge on any atom is -0.363 e. The molecule has 4 rings (SSSR count). The van der Waals surface area contributed by atoms with Crippen LogP contribution in [0, 0.1) is 13.8 Å². The molecular weight excluding hydrogens is 448 g/mol. The number of nitrogens with one attached hydrogen (secondary N) is 3. The molecule has 0 spiro atoms. The molecule has 2 aromatic carbocycles. The summed E-state index contributed by atoms with van der Waals surface area (Å²) in [4.78, 5) is 21.4. The van der Waals surface area contributed by atoms with Crippen molar-refractivity contribution < 1.29 is 4.79 Å². The van der Waals surface area contributed by atoms with E-state index in [0.717, 1.165) is 45.0 Å². The average Bonchev–Trinajstić information content (AvgIpc) is 3.32. The Kier molecular flexibility index (Phi) is 7.49. The molecule has 36 heavy (non-hydrogen) atoms. The van der Waals surface area contributed by atoms with Crippen molar-refractivity contribution in [2.75, 3.05) is 24.2 Å². The van der Waals surface area contributed by atoms with E-state index in [4.69, 9.17) is 9.97 Å². The van der Waals surface area contributed by atoms with Gasteiger partial charge >= 0.3 is 6.03 Å². The van der Waals surface area contributed by atoms with Gasteiger partial charge in [-0.2, -0.15) is 0 Å². The summed E-state index contributed by atoms with van der Waals surface area (Å²) >= 11 is 0. The highest BCUT2D eigenvalue weighted by Crippen LogP contribution is 2.30. The summed E-state index contributed by atoms with van der Waals surface area (Å²) in [7, 11) is 1.59. The number of fused-ring (bicyclic) bond motifs is 3. The number of carbonyl (C=O) groups is 1. The number of nitrogens with zero attached hydrogens (tertiary/aromatic N) is 3. The van der Waals surface area contributed by atoms with E-state index in [1.807, 2.05) is 62.5 Å². The van der Waals surface area contributed by atoms with E-state index in [9.17, 15) is 4.79 Å². The number of anilines is 2. The molecule has 0 aliphatic carbocycles. The molecule has 0 radical (unpaired) electrons. The van der Waals surface area contributed by atoms with Gasteiger partial charge in [-0.05, 0) is 68.7 Å². The number of allylic oxidation sites excluding steroid dienone is 4. The summed E-state index contributed by atoms with van der Waals surface area (Å²) in [6, 6.07) is 11.8. The first kappa shape index (κ1) is 24.7. The maximum atomic E-state index is 11.7. The molecule has 0 bridgehead atoms. The Hall–Kier alpha value is -4.39. The van der Waals surface area contributed by atoms with Gasteiger partial charge in [-0.3, -0.25) is 4.40 Å². The minimum absolute atomic E-state index is 0.253. The largest absolute Gasteiger partial charge is 0.363 e. The van der Waals surface area contributed by atoms with Crippen LogP contribution in [0.4, 0.5) is 16.3 Å². The molecule has 0 unspecified atom stereocenters. The Labute approximate surface area is 211 Å². The van der Waals surface area contributed by atoms with Gasteiger partial charge in [0.2, 0.25) is 0 Å². The van der Waals surface area contributed by atoms with Gasteiger partial charge < -0.3 is 16.0 Å². The fourth-order valence-electron chi connectivity index (χ4n) is 4.02. The lowest BCUT2D eigenvalue weighted by atomic mass is 10.1. The van der Waals surface area contributed by atoms with E-state index < -0.39 is 0 Å². The second kappa shape index (κ2) is 10.9. The van der Waals surface area contributed by atoms with E-state index in [1.54, 1.807) is 7.05 Å². The number of hydrogen-bond acceptors (Lipinski definition) is 4. The van der Waals surface area contributed by atoms with Gasteiger partial charge in [0.25, 0.3) is 0 Å². The summed E-state index contributed by atoms with van der Waals surface area (Å²) in [6.45, 7) is 8.85. The van der Waals surface area contributed by atoms with Crippen molar-refractivity contribution in [3.63, 3.8) is 0 Å². The van der Waals surface area contributed by atoms with Gasteiger partial charge in [-0.15, -0.1) is 0 Å². The predicted molar refractivity (Wildman–Crippen MR) is 150 cm³/mol. The molecular formula is C29H32N6O. The zero-order chi connectivity index (χ0) is 25.7. The zero-order valence-corrected chi connectivity index (χ0v) is 21.4. The second-order valence-electron chi connectivity index (χ2n) is 8.59. The van der Waals surface area contributed by atoms with Crippen LogP contribution in [0.15, 0.2) is 78.5 Å². The van der Waals surface area contributed by atoms with Crippen molar-refractivity contribution in [2.24, 2.45) is 0 Å². The summed E-state index contributed by atoms with van der Waals surface area (Å²) in [5.41, 5.74) is 8.84. The third-order valence-corrected chi connectivity index (χ3v) is 6.05. The van der Waals surface area contributed by atoms with Crippen molar-refractivity contribution in [3.05, 3.63) is 89.7 Å². The molecule has 0 fully saturated rings. The Morgan fingerprint density at radius 3 is 2.50 bits per heavy atom. The van der Waals surface area contributed by atoms with Gasteiger partial charge in [0.15, 0.2) is 11.5 Å². The first-order valence-electron chi connectivity index (χ1n) is 12.0. The number of amides is 2. The van der Waals surface area contributed by atoms with Crippen LogP contribution < -0.4 is 16.0 Å². The Morgan fingerprint density at radius 2 is 1.81 bits per heavy atom. The van der Waals surface area contributed by atoms with Gasteiger partial charge in [0.1, 0.15) is 0 Å². The van der Waals surface area contributed by atoms with E-state index in [-0.39, 0.29) is 6.03 Å². The van der Waals surface area contributed by atoms with Crippen molar-refractivity contribution in [3.8, 4) is 11.3 Å². The Bertz CT molecular complexity index is 1490. The molecule has 2 aromatic heterocycles. The van der Waals surface area contributed by atoms with Gasteiger partial charge in [-0.25, -0.2) is 14.8 Å². The normalized spacial score (nSPS) is 12.2. The molecule has 0 saturated carbocycles. The average molecular weight is 481 g/mol. The summed E-state index contributed by atoms with van der Waals surface area (Å²) in [6.07, 6.45) is 12.1. The molecule has 0 aliphatic heterocycles. The van der Waals surface area contributed by atoms with Crippen LogP contribution in [0.1, 0.15) is 25.0 Å². The molecule has 2 amide bonds. The maximum Gasteiger partial charge on any atom is 0.318 e. The molecule has 0 atom stereocenters. The summed E-state index contributed by atoms with van der Waals surface area (Å²) in [5, 5.41) is 8.87. The summed E-state index contributed by atoms with van der Waals surface area (Å²) in [5.74, 6) is 0.728. The van der Waals surface area contributed by atoms with Gasteiger partial charge in [-0.1, -0.05) is 42.5 Å². The highest BCUT2D eigenvalue weighted by atomic mass is 16.2. The van der Waals surface area contributed by atoms with Gasteiger partial charge in [0.05, 0.1) is 22.9 Å². The first-order valence-corrected chi connectivity index (χ1v) is 12.0. The minimum atomic E-state index is -0.253. The third kappa shape index (κ3) is 5.15. The highest BCUT2D eigenvalue weighted by molar-refractivity contribution is 5.90. The molecule has 3 N–H and O–H groups in total. The Balaban J connectivity index is 1.83. The zero-order valence-electron chi connectivity index (χ0n) is 21.4. The van der Waals surface area contributed by atoms with E-state index in [2.05, 4.69) is 58.5 Å². The van der Waals surface area contributed by atoms with E-state index in [0.29, 0.717) is 6.54 Å². The summed E-state index contributed by atoms with van der Waals surface area (Å²) < 4.78 is 2.16. The number of urea groups is 1. The van der Waals surface area contributed by atoms with Crippen LogP contribution in [0.5, 0.6) is 0 Å². The van der Waals surface area contributed by atoms with Gasteiger partial charge in [0, 0.05) is 24.8 Å². The molecule has 0 saturated heterocycles. The van der Waals surface area contributed by atoms with E-state index >= 15 is 0 Å². The number of aromatic nitrogens is 3. The van der Waals surface area contributed by atoms with E-state index in [1.165, 1.54) is 11.1 Å². The molecule has 7 heteroatoms. The lowest BCUT2D eigenvalue weighted by Gasteiger charge is -2.14. The lowest BCUT2D eigenvalue weighted by Crippen LogP contribution is -2.24. The van der Waals surface area contributed by atoms with Crippen LogP contribution in [0.3, 0.4) is 0 Å². The fraction of sp³-hybridized carbons (Fsp3) is 0.207. The number of hydrogen-bond donors (Lipinski definition) is 3. The lowest BCUT2D eigenvalue weighted by molar-refractivity contribution is 0.254. The second-order valence-corrected chi connectivity index (χ2v) is 8.59. The van der Waals surface area contributed by atoms with Crippen LogP contribution in [0.2, 0.25) is 0 Å². The molecule has 0 aliphatic rings. The predicted octanol–water partition coefficient (Wildman–Crippen LogP) is 6.41. The number of aryl methyl sites for hydroxylation is 2. The fourth-order valence-corrected chi connectivity index (χ4v) is 4.02. The van der Waals surface area contributed by atoms with Crippen LogP contribution in [-0.4, -0.2) is 34.0 Å². The SMILES string of the molecule is C\C=C/C=C(\C=C/C)CNc1nc2cc(C)c(C)cc2n2c(-c3ccc(NC(=O)NC)cc3)cnc12. The Morgan fingerprint density at radius 1 is 1.06 bits per heavy atom.